The Bertz CT molecular complexity index is 323. The molecule has 1 unspecified atom stereocenters. The molecule has 0 spiro atoms. The van der Waals surface area contributed by atoms with Crippen LogP contribution in [0.15, 0.2) is 4.99 Å². The molecule has 1 rings (SSSR count). The summed E-state index contributed by atoms with van der Waals surface area (Å²) in [5.74, 6) is 0.888. The van der Waals surface area contributed by atoms with E-state index in [1.165, 1.54) is 0 Å². The maximum atomic E-state index is 5.78. The molecule has 1 fully saturated rings. The van der Waals surface area contributed by atoms with Crippen molar-refractivity contribution in [3.8, 4) is 0 Å². The van der Waals surface area contributed by atoms with Crippen molar-refractivity contribution in [1.29, 1.82) is 0 Å². The van der Waals surface area contributed by atoms with Crippen LogP contribution in [0.1, 0.15) is 33.1 Å². The number of nitrogens with zero attached hydrogens (tertiary/aromatic N) is 2. The molecular weight excluding hydrogens is 407 g/mol. The molecule has 6 nitrogen and oxygen atoms in total. The van der Waals surface area contributed by atoms with Crippen molar-refractivity contribution in [2.45, 2.75) is 38.7 Å². The van der Waals surface area contributed by atoms with E-state index < -0.39 is 0 Å². The second-order valence-electron chi connectivity index (χ2n) is 6.17. The highest BCUT2D eigenvalue weighted by Gasteiger charge is 2.29. The van der Waals surface area contributed by atoms with Gasteiger partial charge in [-0.1, -0.05) is 0 Å². The van der Waals surface area contributed by atoms with Gasteiger partial charge in [0.05, 0.1) is 18.8 Å². The third kappa shape index (κ3) is 10.4. The van der Waals surface area contributed by atoms with E-state index in [1.54, 1.807) is 7.11 Å². The third-order valence-corrected chi connectivity index (χ3v) is 3.90. The number of nitrogens with one attached hydrogen (secondary N) is 2. The van der Waals surface area contributed by atoms with Crippen LogP contribution in [-0.4, -0.2) is 76.6 Å². The third-order valence-electron chi connectivity index (χ3n) is 3.90. The summed E-state index contributed by atoms with van der Waals surface area (Å²) in [6, 6.07) is 0. The maximum Gasteiger partial charge on any atom is 0.191 e. The van der Waals surface area contributed by atoms with Gasteiger partial charge in [-0.25, -0.2) is 0 Å². The van der Waals surface area contributed by atoms with Gasteiger partial charge in [0.1, 0.15) is 0 Å². The molecule has 1 atom stereocenters. The van der Waals surface area contributed by atoms with Gasteiger partial charge in [-0.05, 0) is 46.7 Å². The first-order valence-corrected chi connectivity index (χ1v) is 8.43. The molecule has 2 N–H and O–H groups in total. The van der Waals surface area contributed by atoms with Crippen molar-refractivity contribution in [2.75, 3.05) is 60.1 Å². The fraction of sp³-hybridized carbons (Fsp3) is 0.938. The summed E-state index contributed by atoms with van der Waals surface area (Å²) in [6.07, 6.45) is 3.32. The highest BCUT2D eigenvalue weighted by atomic mass is 127. The minimum absolute atomic E-state index is 0. The lowest BCUT2D eigenvalue weighted by molar-refractivity contribution is 0.0283. The minimum Gasteiger partial charge on any atom is -0.383 e. The Morgan fingerprint density at radius 3 is 2.74 bits per heavy atom. The molecule has 1 aliphatic heterocycles. The molecule has 138 valence electrons. The quantitative estimate of drug-likeness (QED) is 0.234. The SMILES string of the molecule is CCNC(=NCC1(C)CCCO1)NCCCN(C)CCOC.I. The Labute approximate surface area is 158 Å². The molecule has 0 aromatic carbocycles. The first-order valence-electron chi connectivity index (χ1n) is 8.43. The van der Waals surface area contributed by atoms with E-state index in [-0.39, 0.29) is 29.6 Å². The number of hydrogen-bond donors (Lipinski definition) is 2. The van der Waals surface area contributed by atoms with E-state index in [9.17, 15) is 0 Å². The molecule has 0 aliphatic carbocycles. The van der Waals surface area contributed by atoms with Gasteiger partial charge in [0, 0.05) is 33.4 Å². The minimum atomic E-state index is -0.0806. The molecule has 0 aromatic heterocycles. The van der Waals surface area contributed by atoms with E-state index in [0.717, 1.165) is 71.2 Å². The predicted molar refractivity (Wildman–Crippen MR) is 107 cm³/mol. The van der Waals surface area contributed by atoms with Gasteiger partial charge in [-0.3, -0.25) is 4.99 Å². The summed E-state index contributed by atoms with van der Waals surface area (Å²) in [5, 5.41) is 6.69. The number of rotatable bonds is 10. The highest BCUT2D eigenvalue weighted by Crippen LogP contribution is 2.24. The summed E-state index contributed by atoms with van der Waals surface area (Å²) in [7, 11) is 3.86. The van der Waals surface area contributed by atoms with Crippen LogP contribution in [0.2, 0.25) is 0 Å². The molecule has 0 saturated carbocycles. The lowest BCUT2D eigenvalue weighted by Crippen LogP contribution is -2.40. The number of halogens is 1. The topological polar surface area (TPSA) is 58.1 Å². The van der Waals surface area contributed by atoms with Crippen LogP contribution in [0.4, 0.5) is 0 Å². The predicted octanol–water partition coefficient (Wildman–Crippen LogP) is 1.70. The molecular formula is C16H35IN4O2. The summed E-state index contributed by atoms with van der Waals surface area (Å²) in [6.45, 7) is 10.4. The lowest BCUT2D eigenvalue weighted by Gasteiger charge is -2.21. The molecule has 0 amide bonds. The molecule has 7 heteroatoms. The first-order chi connectivity index (χ1) is 10.6. The van der Waals surface area contributed by atoms with E-state index >= 15 is 0 Å². The van der Waals surface area contributed by atoms with Gasteiger partial charge < -0.3 is 25.0 Å². The van der Waals surface area contributed by atoms with Gasteiger partial charge in [-0.15, -0.1) is 24.0 Å². The number of methoxy groups -OCH3 is 1. The fourth-order valence-electron chi connectivity index (χ4n) is 2.46. The van der Waals surface area contributed by atoms with E-state index in [2.05, 4.69) is 41.4 Å². The monoisotopic (exact) mass is 442 g/mol. The maximum absolute atomic E-state index is 5.78. The average molecular weight is 442 g/mol. The fourth-order valence-corrected chi connectivity index (χ4v) is 2.46. The van der Waals surface area contributed by atoms with Crippen molar-refractivity contribution in [3.05, 3.63) is 0 Å². The Balaban J connectivity index is 0.00000484. The van der Waals surface area contributed by atoms with Crippen molar-refractivity contribution in [1.82, 2.24) is 15.5 Å². The normalized spacial score (nSPS) is 21.3. The summed E-state index contributed by atoms with van der Waals surface area (Å²) < 4.78 is 10.9. The molecule has 0 radical (unpaired) electrons. The van der Waals surface area contributed by atoms with Crippen molar-refractivity contribution in [3.63, 3.8) is 0 Å². The van der Waals surface area contributed by atoms with Gasteiger partial charge in [-0.2, -0.15) is 0 Å². The van der Waals surface area contributed by atoms with Crippen LogP contribution in [-0.2, 0) is 9.47 Å². The van der Waals surface area contributed by atoms with Crippen LogP contribution in [0.25, 0.3) is 0 Å². The number of ether oxygens (including phenoxy) is 2. The molecule has 1 heterocycles. The molecule has 23 heavy (non-hydrogen) atoms. The van der Waals surface area contributed by atoms with Crippen molar-refractivity contribution < 1.29 is 9.47 Å². The Morgan fingerprint density at radius 1 is 1.35 bits per heavy atom. The smallest absolute Gasteiger partial charge is 0.191 e. The van der Waals surface area contributed by atoms with Gasteiger partial charge in [0.15, 0.2) is 5.96 Å². The van der Waals surface area contributed by atoms with Crippen molar-refractivity contribution in [2.24, 2.45) is 4.99 Å². The van der Waals surface area contributed by atoms with Gasteiger partial charge in [0.2, 0.25) is 0 Å². The van der Waals surface area contributed by atoms with Crippen LogP contribution in [0.3, 0.4) is 0 Å². The van der Waals surface area contributed by atoms with Gasteiger partial charge >= 0.3 is 0 Å². The summed E-state index contributed by atoms with van der Waals surface area (Å²) in [5.41, 5.74) is -0.0806. The zero-order chi connectivity index (χ0) is 16.3. The second kappa shape index (κ2) is 13.2. The summed E-state index contributed by atoms with van der Waals surface area (Å²) >= 11 is 0. The van der Waals surface area contributed by atoms with Crippen LogP contribution in [0.5, 0.6) is 0 Å². The van der Waals surface area contributed by atoms with Gasteiger partial charge in [0.25, 0.3) is 0 Å². The second-order valence-corrected chi connectivity index (χ2v) is 6.17. The van der Waals surface area contributed by atoms with Crippen LogP contribution < -0.4 is 10.6 Å². The standard InChI is InChI=1S/C16H34N4O2.HI/c1-5-17-15(19-14-16(2)8-6-12-22-16)18-9-7-10-20(3)11-13-21-4;/h5-14H2,1-4H3,(H2,17,18,19);1H. The number of likely N-dealkylation sites (N-methyl/N-ethyl adjacent to an activating group) is 1. The first kappa shape index (κ1) is 22.9. The molecule has 1 aliphatic rings. The zero-order valence-electron chi connectivity index (χ0n) is 15.2. The number of guanidine groups is 1. The molecule has 1 saturated heterocycles. The Morgan fingerprint density at radius 2 is 2.13 bits per heavy atom. The summed E-state index contributed by atoms with van der Waals surface area (Å²) in [4.78, 5) is 6.95. The lowest BCUT2D eigenvalue weighted by atomic mass is 10.0. The Hall–Kier alpha value is -0.120. The zero-order valence-corrected chi connectivity index (χ0v) is 17.5. The van der Waals surface area contributed by atoms with Crippen LogP contribution >= 0.6 is 24.0 Å². The van der Waals surface area contributed by atoms with E-state index in [4.69, 9.17) is 9.47 Å². The Kier molecular flexibility index (Phi) is 13.1. The average Bonchev–Trinajstić information content (AvgIpc) is 2.94. The van der Waals surface area contributed by atoms with E-state index in [0.29, 0.717) is 0 Å². The highest BCUT2D eigenvalue weighted by molar-refractivity contribution is 14.0. The molecule has 0 aromatic rings. The van der Waals surface area contributed by atoms with Crippen molar-refractivity contribution >= 4 is 29.9 Å². The van der Waals surface area contributed by atoms with Crippen LogP contribution in [0, 0.1) is 0 Å². The largest absolute Gasteiger partial charge is 0.383 e. The molecule has 0 bridgehead atoms. The van der Waals surface area contributed by atoms with E-state index in [1.807, 2.05) is 0 Å². The number of hydrogen-bond acceptors (Lipinski definition) is 4. The number of aliphatic imine (C=N–C) groups is 1.